The molecule has 0 atom stereocenters. The quantitative estimate of drug-likeness (QED) is 0.612. The number of ether oxygens (including phenoxy) is 1. The van der Waals surface area contributed by atoms with E-state index in [9.17, 15) is 19.5 Å². The summed E-state index contributed by atoms with van der Waals surface area (Å²) in [4.78, 5) is 36.4. The second kappa shape index (κ2) is 6.08. The average Bonchev–Trinajstić information content (AvgIpc) is 2.64. The van der Waals surface area contributed by atoms with Gasteiger partial charge in [0.2, 0.25) is 5.91 Å². The van der Waals surface area contributed by atoms with E-state index in [1.807, 2.05) is 0 Å². The highest BCUT2D eigenvalue weighted by Crippen LogP contribution is 2.21. The van der Waals surface area contributed by atoms with Gasteiger partial charge in [0, 0.05) is 39.1 Å². The predicted molar refractivity (Wildman–Crippen MR) is 68.2 cm³/mol. The van der Waals surface area contributed by atoms with Gasteiger partial charge in [-0.05, 0) is 6.42 Å². The van der Waals surface area contributed by atoms with E-state index < -0.39 is 17.5 Å². The first-order valence-corrected chi connectivity index (χ1v) is 6.68. The molecule has 0 spiro atoms. The minimum atomic E-state index is -1.29. The van der Waals surface area contributed by atoms with Crippen LogP contribution >= 0.6 is 0 Å². The lowest BCUT2D eigenvalue weighted by atomic mass is 9.90. The Bertz CT molecular complexity index is 406. The predicted octanol–water partition coefficient (Wildman–Crippen LogP) is -0.848. The highest BCUT2D eigenvalue weighted by Gasteiger charge is 2.42. The van der Waals surface area contributed by atoms with Crippen molar-refractivity contribution in [1.82, 2.24) is 15.5 Å². The van der Waals surface area contributed by atoms with Crippen LogP contribution in [0.5, 0.6) is 0 Å². The van der Waals surface area contributed by atoms with E-state index in [1.165, 1.54) is 4.90 Å². The van der Waals surface area contributed by atoms with Gasteiger partial charge >= 0.3 is 12.0 Å². The van der Waals surface area contributed by atoms with Crippen LogP contribution in [0.3, 0.4) is 0 Å². The Morgan fingerprint density at radius 1 is 1.35 bits per heavy atom. The number of carbonyl (C=O) groups excluding carboxylic acids is 2. The third-order valence-corrected chi connectivity index (χ3v) is 3.65. The van der Waals surface area contributed by atoms with Crippen molar-refractivity contribution in [1.29, 1.82) is 0 Å². The van der Waals surface area contributed by atoms with Crippen LogP contribution in [-0.2, 0) is 14.3 Å². The van der Waals surface area contributed by atoms with Crippen molar-refractivity contribution in [3.8, 4) is 0 Å². The molecule has 0 bridgehead atoms. The zero-order valence-corrected chi connectivity index (χ0v) is 11.2. The molecule has 2 rings (SSSR count). The molecule has 0 aromatic carbocycles. The van der Waals surface area contributed by atoms with Gasteiger partial charge in [0.15, 0.2) is 0 Å². The molecule has 0 saturated carbocycles. The Hall–Kier alpha value is -1.83. The van der Waals surface area contributed by atoms with Gasteiger partial charge in [-0.1, -0.05) is 0 Å². The summed E-state index contributed by atoms with van der Waals surface area (Å²) in [5, 5.41) is 14.6. The fourth-order valence-electron chi connectivity index (χ4n) is 2.38. The summed E-state index contributed by atoms with van der Waals surface area (Å²) in [6.07, 6.45) is 1.12. The molecule has 0 unspecified atom stereocenters. The number of urea groups is 1. The molecule has 0 aliphatic carbocycles. The van der Waals surface area contributed by atoms with Crippen molar-refractivity contribution in [3.63, 3.8) is 0 Å². The molecule has 2 aliphatic rings. The smallest absolute Gasteiger partial charge is 0.329 e. The standard InChI is InChI=1S/C12H19N3O5/c16-9-8-15(5-1-4-13-9)11(19)14-12(10(17)18)2-6-20-7-3-12/h1-8H2,(H,13,16)(H,14,19)(H,17,18). The van der Waals surface area contributed by atoms with Crippen LogP contribution in [0.2, 0.25) is 0 Å². The number of amides is 3. The Balaban J connectivity index is 2.04. The summed E-state index contributed by atoms with van der Waals surface area (Å²) in [5.41, 5.74) is -1.29. The monoisotopic (exact) mass is 285 g/mol. The number of nitrogens with zero attached hydrogens (tertiary/aromatic N) is 1. The molecule has 2 aliphatic heterocycles. The van der Waals surface area contributed by atoms with Gasteiger partial charge in [-0.15, -0.1) is 0 Å². The number of carbonyl (C=O) groups is 3. The van der Waals surface area contributed by atoms with E-state index in [2.05, 4.69) is 10.6 Å². The van der Waals surface area contributed by atoms with Crippen molar-refractivity contribution in [2.45, 2.75) is 24.8 Å². The minimum Gasteiger partial charge on any atom is -0.480 e. The molecule has 0 aromatic rings. The summed E-state index contributed by atoms with van der Waals surface area (Å²) in [6.45, 7) is 1.51. The van der Waals surface area contributed by atoms with Gasteiger partial charge < -0.3 is 25.4 Å². The maximum Gasteiger partial charge on any atom is 0.329 e. The second-order valence-electron chi connectivity index (χ2n) is 5.05. The Morgan fingerprint density at radius 3 is 2.70 bits per heavy atom. The van der Waals surface area contributed by atoms with Crippen molar-refractivity contribution >= 4 is 17.9 Å². The summed E-state index contributed by atoms with van der Waals surface area (Å²) in [7, 11) is 0. The molecule has 0 aromatic heterocycles. The molecular formula is C12H19N3O5. The molecular weight excluding hydrogens is 266 g/mol. The van der Waals surface area contributed by atoms with Crippen LogP contribution in [-0.4, -0.2) is 66.3 Å². The third-order valence-electron chi connectivity index (χ3n) is 3.65. The molecule has 0 radical (unpaired) electrons. The number of aliphatic carboxylic acids is 1. The lowest BCUT2D eigenvalue weighted by molar-refractivity contribution is -0.148. The fourth-order valence-corrected chi connectivity index (χ4v) is 2.38. The lowest BCUT2D eigenvalue weighted by Gasteiger charge is -2.35. The SMILES string of the molecule is O=C1CN(C(=O)NC2(C(=O)O)CCOCC2)CCCN1. The molecule has 2 saturated heterocycles. The lowest BCUT2D eigenvalue weighted by Crippen LogP contribution is -2.60. The summed E-state index contributed by atoms with van der Waals surface area (Å²) < 4.78 is 5.15. The molecule has 3 amide bonds. The van der Waals surface area contributed by atoms with E-state index in [-0.39, 0.29) is 25.3 Å². The third kappa shape index (κ3) is 3.19. The number of carboxylic acid groups (broad SMARTS) is 1. The van der Waals surface area contributed by atoms with Crippen LogP contribution in [0, 0.1) is 0 Å². The van der Waals surface area contributed by atoms with Gasteiger partial charge in [-0.3, -0.25) is 4.79 Å². The minimum absolute atomic E-state index is 0.0436. The van der Waals surface area contributed by atoms with Gasteiger partial charge in [-0.2, -0.15) is 0 Å². The zero-order valence-electron chi connectivity index (χ0n) is 11.2. The van der Waals surface area contributed by atoms with Gasteiger partial charge in [0.25, 0.3) is 0 Å². The van der Waals surface area contributed by atoms with Crippen LogP contribution < -0.4 is 10.6 Å². The fraction of sp³-hybridized carbons (Fsp3) is 0.750. The van der Waals surface area contributed by atoms with E-state index >= 15 is 0 Å². The summed E-state index contributed by atoms with van der Waals surface area (Å²) in [5.74, 6) is -1.29. The first-order valence-electron chi connectivity index (χ1n) is 6.68. The van der Waals surface area contributed by atoms with Crippen LogP contribution in [0.1, 0.15) is 19.3 Å². The molecule has 2 heterocycles. The molecule has 112 valence electrons. The van der Waals surface area contributed by atoms with E-state index in [1.54, 1.807) is 0 Å². The molecule has 20 heavy (non-hydrogen) atoms. The van der Waals surface area contributed by atoms with Crippen molar-refractivity contribution in [3.05, 3.63) is 0 Å². The average molecular weight is 285 g/mol. The largest absolute Gasteiger partial charge is 0.480 e. The topological polar surface area (TPSA) is 108 Å². The maximum atomic E-state index is 12.2. The van der Waals surface area contributed by atoms with E-state index in [0.717, 1.165) is 0 Å². The molecule has 3 N–H and O–H groups in total. The zero-order chi connectivity index (χ0) is 14.6. The summed E-state index contributed by atoms with van der Waals surface area (Å²) in [6, 6.07) is -0.508. The van der Waals surface area contributed by atoms with Crippen LogP contribution in [0.25, 0.3) is 0 Å². The second-order valence-corrected chi connectivity index (χ2v) is 5.05. The van der Waals surface area contributed by atoms with E-state index in [4.69, 9.17) is 4.74 Å². The van der Waals surface area contributed by atoms with Crippen LogP contribution in [0.15, 0.2) is 0 Å². The number of hydrogen-bond acceptors (Lipinski definition) is 4. The van der Waals surface area contributed by atoms with Gasteiger partial charge in [0.05, 0.1) is 0 Å². The molecule has 8 heteroatoms. The van der Waals surface area contributed by atoms with Crippen molar-refractivity contribution in [2.24, 2.45) is 0 Å². The highest BCUT2D eigenvalue weighted by atomic mass is 16.5. The molecule has 2 fully saturated rings. The van der Waals surface area contributed by atoms with Crippen molar-refractivity contribution in [2.75, 3.05) is 32.8 Å². The Kier molecular flexibility index (Phi) is 4.43. The van der Waals surface area contributed by atoms with Gasteiger partial charge in [0.1, 0.15) is 12.1 Å². The van der Waals surface area contributed by atoms with Gasteiger partial charge in [-0.25, -0.2) is 9.59 Å². The Labute approximate surface area is 116 Å². The first kappa shape index (κ1) is 14.6. The van der Waals surface area contributed by atoms with E-state index in [0.29, 0.717) is 32.7 Å². The number of carboxylic acids is 1. The summed E-state index contributed by atoms with van der Waals surface area (Å²) >= 11 is 0. The first-order chi connectivity index (χ1) is 9.53. The maximum absolute atomic E-state index is 12.2. The Morgan fingerprint density at radius 2 is 2.05 bits per heavy atom. The number of hydrogen-bond donors (Lipinski definition) is 3. The normalized spacial score (nSPS) is 22.6. The number of rotatable bonds is 2. The number of nitrogens with one attached hydrogen (secondary N) is 2. The highest BCUT2D eigenvalue weighted by molar-refractivity contribution is 5.89. The van der Waals surface area contributed by atoms with Crippen LogP contribution in [0.4, 0.5) is 4.79 Å². The van der Waals surface area contributed by atoms with Crippen molar-refractivity contribution < 1.29 is 24.2 Å². The molecule has 8 nitrogen and oxygen atoms in total.